The van der Waals surface area contributed by atoms with E-state index in [-0.39, 0.29) is 17.7 Å². The van der Waals surface area contributed by atoms with Crippen molar-refractivity contribution in [3.63, 3.8) is 0 Å². The molecule has 1 saturated heterocycles. The van der Waals surface area contributed by atoms with E-state index in [9.17, 15) is 13.2 Å². The highest BCUT2D eigenvalue weighted by molar-refractivity contribution is 5.46. The molecule has 3 nitrogen and oxygen atoms in total. The molecule has 2 aliphatic rings. The molecular formula is C25H31F4N3. The van der Waals surface area contributed by atoms with Crippen molar-refractivity contribution < 1.29 is 17.6 Å². The Hall–Kier alpha value is -2.18. The van der Waals surface area contributed by atoms with Crippen LogP contribution in [0.4, 0.5) is 23.4 Å². The Morgan fingerprint density at radius 1 is 1.00 bits per heavy atom. The molecule has 0 amide bonds. The molecule has 1 aliphatic heterocycles. The number of alkyl halides is 3. The molecule has 1 unspecified atom stereocenters. The molecular weight excluding hydrogens is 418 g/mol. The molecule has 174 valence electrons. The van der Waals surface area contributed by atoms with Crippen LogP contribution in [-0.2, 0) is 12.6 Å². The van der Waals surface area contributed by atoms with Gasteiger partial charge in [0.2, 0.25) is 0 Å². The molecule has 32 heavy (non-hydrogen) atoms. The predicted octanol–water partition coefficient (Wildman–Crippen LogP) is 7.13. The standard InChI is InChI=1S/C25H31F4N3/c1-17-7-9-18(10-8-17)4-2-5-21-23(26)24(31-16-30-21)32-15-3-6-22(32)19-11-13-20(14-12-19)25(27,28)29/h11-14,16-18,22H,2-10,15H2,1H3. The lowest BCUT2D eigenvalue weighted by Gasteiger charge is -2.27. The minimum atomic E-state index is -4.36. The second-order valence-electron chi connectivity index (χ2n) is 9.45. The molecule has 0 N–H and O–H groups in total. The lowest BCUT2D eigenvalue weighted by atomic mass is 9.80. The molecule has 4 rings (SSSR count). The van der Waals surface area contributed by atoms with E-state index in [0.29, 0.717) is 18.7 Å². The van der Waals surface area contributed by atoms with Crippen LogP contribution in [-0.4, -0.2) is 16.5 Å². The first-order valence-electron chi connectivity index (χ1n) is 11.8. The Bertz CT molecular complexity index is 889. The molecule has 2 aromatic rings. The Labute approximate surface area is 187 Å². The van der Waals surface area contributed by atoms with Gasteiger partial charge in [-0.15, -0.1) is 0 Å². The van der Waals surface area contributed by atoms with Crippen molar-refractivity contribution in [2.75, 3.05) is 11.4 Å². The van der Waals surface area contributed by atoms with Gasteiger partial charge in [-0.2, -0.15) is 13.2 Å². The third-order valence-corrected chi connectivity index (χ3v) is 7.15. The Balaban J connectivity index is 1.43. The molecule has 1 aromatic carbocycles. The molecule has 1 aromatic heterocycles. The summed E-state index contributed by atoms with van der Waals surface area (Å²) in [6.07, 6.45) is 6.35. The van der Waals surface area contributed by atoms with Crippen molar-refractivity contribution in [3.8, 4) is 0 Å². The van der Waals surface area contributed by atoms with Crippen LogP contribution in [0.2, 0.25) is 0 Å². The fourth-order valence-electron chi connectivity index (χ4n) is 5.21. The monoisotopic (exact) mass is 449 g/mol. The SMILES string of the molecule is CC1CCC(CCCc2ncnc(N3CCCC3c3ccc(C(F)(F)F)cc3)c2F)CC1. The smallest absolute Gasteiger partial charge is 0.347 e. The van der Waals surface area contributed by atoms with Gasteiger partial charge >= 0.3 is 6.18 Å². The van der Waals surface area contributed by atoms with Gasteiger partial charge in [-0.25, -0.2) is 14.4 Å². The number of aryl methyl sites for hydroxylation is 1. The van der Waals surface area contributed by atoms with Crippen molar-refractivity contribution in [1.29, 1.82) is 0 Å². The zero-order chi connectivity index (χ0) is 22.7. The third kappa shape index (κ3) is 5.24. The quantitative estimate of drug-likeness (QED) is 0.440. The summed E-state index contributed by atoms with van der Waals surface area (Å²) in [5.74, 6) is 1.44. The van der Waals surface area contributed by atoms with Crippen LogP contribution < -0.4 is 4.90 Å². The van der Waals surface area contributed by atoms with E-state index in [1.807, 2.05) is 4.90 Å². The van der Waals surface area contributed by atoms with Crippen LogP contribution in [0.1, 0.15) is 81.2 Å². The first-order valence-corrected chi connectivity index (χ1v) is 11.8. The zero-order valence-electron chi connectivity index (χ0n) is 18.5. The van der Waals surface area contributed by atoms with E-state index in [4.69, 9.17) is 0 Å². The summed E-state index contributed by atoms with van der Waals surface area (Å²) in [4.78, 5) is 10.3. The number of rotatable bonds is 6. The average molecular weight is 450 g/mol. The number of anilines is 1. The predicted molar refractivity (Wildman–Crippen MR) is 117 cm³/mol. The summed E-state index contributed by atoms with van der Waals surface area (Å²) < 4.78 is 54.0. The van der Waals surface area contributed by atoms with Gasteiger partial charge in [0.25, 0.3) is 0 Å². The number of benzene rings is 1. The number of hydrogen-bond donors (Lipinski definition) is 0. The van der Waals surface area contributed by atoms with Crippen molar-refractivity contribution in [2.24, 2.45) is 11.8 Å². The van der Waals surface area contributed by atoms with Crippen LogP contribution in [0.3, 0.4) is 0 Å². The number of aromatic nitrogens is 2. The van der Waals surface area contributed by atoms with Gasteiger partial charge in [0.15, 0.2) is 11.6 Å². The highest BCUT2D eigenvalue weighted by Crippen LogP contribution is 2.38. The second-order valence-corrected chi connectivity index (χ2v) is 9.45. The van der Waals surface area contributed by atoms with Gasteiger partial charge < -0.3 is 4.90 Å². The topological polar surface area (TPSA) is 29.0 Å². The zero-order valence-corrected chi connectivity index (χ0v) is 18.5. The lowest BCUT2D eigenvalue weighted by Crippen LogP contribution is -2.25. The molecule has 0 spiro atoms. The third-order valence-electron chi connectivity index (χ3n) is 7.15. The maximum Gasteiger partial charge on any atom is 0.416 e. The molecule has 2 heterocycles. The maximum atomic E-state index is 15.3. The molecule has 1 atom stereocenters. The molecule has 0 radical (unpaired) electrons. The summed E-state index contributed by atoms with van der Waals surface area (Å²) in [6, 6.07) is 5.01. The van der Waals surface area contributed by atoms with Gasteiger partial charge in [-0.1, -0.05) is 51.2 Å². The summed E-state index contributed by atoms with van der Waals surface area (Å²) in [6.45, 7) is 2.93. The van der Waals surface area contributed by atoms with Crippen molar-refractivity contribution in [2.45, 2.75) is 76.9 Å². The Kier molecular flexibility index (Phi) is 7.01. The highest BCUT2D eigenvalue weighted by atomic mass is 19.4. The minimum absolute atomic E-state index is 0.182. The van der Waals surface area contributed by atoms with E-state index in [1.54, 1.807) is 0 Å². The minimum Gasteiger partial charge on any atom is -0.347 e. The van der Waals surface area contributed by atoms with Crippen LogP contribution in [0.15, 0.2) is 30.6 Å². The number of halogens is 4. The fraction of sp³-hybridized carbons (Fsp3) is 0.600. The van der Waals surface area contributed by atoms with E-state index >= 15 is 4.39 Å². The Morgan fingerprint density at radius 3 is 2.41 bits per heavy atom. The van der Waals surface area contributed by atoms with Crippen LogP contribution in [0.25, 0.3) is 0 Å². The van der Waals surface area contributed by atoms with Crippen molar-refractivity contribution >= 4 is 5.82 Å². The van der Waals surface area contributed by atoms with Crippen molar-refractivity contribution in [1.82, 2.24) is 9.97 Å². The summed E-state index contributed by atoms with van der Waals surface area (Å²) >= 11 is 0. The van der Waals surface area contributed by atoms with Crippen LogP contribution >= 0.6 is 0 Å². The summed E-state index contributed by atoms with van der Waals surface area (Å²) in [7, 11) is 0. The Morgan fingerprint density at radius 2 is 1.72 bits per heavy atom. The lowest BCUT2D eigenvalue weighted by molar-refractivity contribution is -0.137. The molecule has 1 aliphatic carbocycles. The van der Waals surface area contributed by atoms with Gasteiger partial charge in [-0.3, -0.25) is 0 Å². The van der Waals surface area contributed by atoms with E-state index in [2.05, 4.69) is 16.9 Å². The molecule has 2 fully saturated rings. The fourth-order valence-corrected chi connectivity index (χ4v) is 5.21. The second kappa shape index (κ2) is 9.75. The normalized spacial score (nSPS) is 24.2. The average Bonchev–Trinajstić information content (AvgIpc) is 3.25. The molecule has 0 bridgehead atoms. The van der Waals surface area contributed by atoms with Gasteiger partial charge in [-0.05, 0) is 55.2 Å². The van der Waals surface area contributed by atoms with Crippen LogP contribution in [0.5, 0.6) is 0 Å². The first kappa shape index (κ1) is 23.0. The number of nitrogens with zero attached hydrogens (tertiary/aromatic N) is 3. The summed E-state index contributed by atoms with van der Waals surface area (Å²) in [5, 5.41) is 0. The number of hydrogen-bond acceptors (Lipinski definition) is 3. The maximum absolute atomic E-state index is 15.3. The largest absolute Gasteiger partial charge is 0.416 e. The van der Waals surface area contributed by atoms with E-state index in [0.717, 1.165) is 55.2 Å². The van der Waals surface area contributed by atoms with Gasteiger partial charge in [0, 0.05) is 6.54 Å². The first-order chi connectivity index (χ1) is 15.3. The van der Waals surface area contributed by atoms with Gasteiger partial charge in [0.05, 0.1) is 17.3 Å². The van der Waals surface area contributed by atoms with Crippen LogP contribution in [0, 0.1) is 17.7 Å². The van der Waals surface area contributed by atoms with E-state index in [1.165, 1.54) is 44.1 Å². The highest BCUT2D eigenvalue weighted by Gasteiger charge is 2.33. The van der Waals surface area contributed by atoms with Crippen molar-refractivity contribution in [3.05, 3.63) is 53.2 Å². The summed E-state index contributed by atoms with van der Waals surface area (Å²) in [5.41, 5.74) is 0.521. The molecule has 7 heteroatoms. The van der Waals surface area contributed by atoms with Gasteiger partial charge in [0.1, 0.15) is 6.33 Å². The molecule has 1 saturated carbocycles. The van der Waals surface area contributed by atoms with E-state index < -0.39 is 11.7 Å².